The molecule has 0 aliphatic rings. The Bertz CT molecular complexity index is 248. The van der Waals surface area contributed by atoms with Crippen molar-refractivity contribution >= 4 is 0 Å². The second kappa shape index (κ2) is 7.35. The molecule has 0 amide bonds. The number of hydrogen-bond donors (Lipinski definition) is 1. The van der Waals surface area contributed by atoms with Crippen molar-refractivity contribution in [3.8, 4) is 0 Å². The van der Waals surface area contributed by atoms with Crippen LogP contribution in [-0.4, -0.2) is 16.5 Å². The quantitative estimate of drug-likeness (QED) is 0.699. The molecule has 0 spiro atoms. The van der Waals surface area contributed by atoms with Crippen LogP contribution < -0.4 is 5.32 Å². The van der Waals surface area contributed by atoms with Gasteiger partial charge in [0.05, 0.1) is 5.69 Å². The lowest BCUT2D eigenvalue weighted by atomic mass is 10.1. The summed E-state index contributed by atoms with van der Waals surface area (Å²) in [6.45, 7) is 5.35. The van der Waals surface area contributed by atoms with Gasteiger partial charge in [-0.25, -0.2) is 9.97 Å². The second-order valence-corrected chi connectivity index (χ2v) is 3.74. The predicted molar refractivity (Wildman–Crippen MR) is 62.6 cm³/mol. The van der Waals surface area contributed by atoms with Crippen LogP contribution in [0.2, 0.25) is 0 Å². The van der Waals surface area contributed by atoms with E-state index >= 15 is 0 Å². The Morgan fingerprint density at radius 3 is 2.80 bits per heavy atom. The molecular formula is C12H21N3. The van der Waals surface area contributed by atoms with Crippen molar-refractivity contribution < 1.29 is 0 Å². The fraction of sp³-hybridized carbons (Fsp3) is 0.667. The van der Waals surface area contributed by atoms with Crippen LogP contribution in [0.4, 0.5) is 0 Å². The molecule has 0 bridgehead atoms. The van der Waals surface area contributed by atoms with Crippen LogP contribution in [0, 0.1) is 0 Å². The topological polar surface area (TPSA) is 37.8 Å². The Labute approximate surface area is 92.3 Å². The molecule has 1 atom stereocenters. The molecule has 1 heterocycles. The zero-order chi connectivity index (χ0) is 10.9. The van der Waals surface area contributed by atoms with Crippen molar-refractivity contribution in [3.05, 3.63) is 24.3 Å². The molecule has 0 aliphatic heterocycles. The Morgan fingerprint density at radius 2 is 2.20 bits per heavy atom. The van der Waals surface area contributed by atoms with Gasteiger partial charge in [0.1, 0.15) is 6.33 Å². The van der Waals surface area contributed by atoms with Gasteiger partial charge in [-0.3, -0.25) is 0 Å². The Kier molecular flexibility index (Phi) is 5.93. The summed E-state index contributed by atoms with van der Waals surface area (Å²) in [5, 5.41) is 3.47. The molecule has 1 rings (SSSR count). The van der Waals surface area contributed by atoms with Gasteiger partial charge in [0, 0.05) is 12.2 Å². The van der Waals surface area contributed by atoms with Gasteiger partial charge >= 0.3 is 0 Å². The summed E-state index contributed by atoms with van der Waals surface area (Å²) in [7, 11) is 0. The highest BCUT2D eigenvalue weighted by Gasteiger charge is 2.10. The maximum Gasteiger partial charge on any atom is 0.115 e. The van der Waals surface area contributed by atoms with Gasteiger partial charge in [-0.15, -0.1) is 0 Å². The van der Waals surface area contributed by atoms with E-state index in [0.29, 0.717) is 6.04 Å². The van der Waals surface area contributed by atoms with Crippen LogP contribution in [0.1, 0.15) is 51.3 Å². The van der Waals surface area contributed by atoms with E-state index in [0.717, 1.165) is 12.2 Å². The van der Waals surface area contributed by atoms with Gasteiger partial charge < -0.3 is 5.32 Å². The van der Waals surface area contributed by atoms with E-state index in [-0.39, 0.29) is 0 Å². The lowest BCUT2D eigenvalue weighted by Gasteiger charge is -2.16. The Hall–Kier alpha value is -0.960. The molecule has 84 valence electrons. The predicted octanol–water partition coefficient (Wildman–Crippen LogP) is 2.71. The highest BCUT2D eigenvalue weighted by Crippen LogP contribution is 2.16. The summed E-state index contributed by atoms with van der Waals surface area (Å²) in [5.41, 5.74) is 1.11. The molecule has 0 saturated heterocycles. The molecule has 0 fully saturated rings. The fourth-order valence-corrected chi connectivity index (χ4v) is 1.71. The summed E-state index contributed by atoms with van der Waals surface area (Å²) < 4.78 is 0. The fourth-order valence-electron chi connectivity index (χ4n) is 1.71. The van der Waals surface area contributed by atoms with Crippen LogP contribution in [-0.2, 0) is 0 Å². The zero-order valence-electron chi connectivity index (χ0n) is 9.74. The number of aromatic nitrogens is 2. The Morgan fingerprint density at radius 1 is 1.33 bits per heavy atom. The Balaban J connectivity index is 2.50. The minimum absolute atomic E-state index is 0.393. The van der Waals surface area contributed by atoms with Crippen molar-refractivity contribution in [2.24, 2.45) is 0 Å². The van der Waals surface area contributed by atoms with E-state index in [9.17, 15) is 0 Å². The molecule has 0 saturated carbocycles. The van der Waals surface area contributed by atoms with Gasteiger partial charge in [0.15, 0.2) is 0 Å². The van der Waals surface area contributed by atoms with Crippen molar-refractivity contribution in [2.45, 2.75) is 45.6 Å². The SMILES string of the molecule is CCCCCC(NCC)c1ccncn1. The summed E-state index contributed by atoms with van der Waals surface area (Å²) in [6.07, 6.45) is 8.43. The number of unbranched alkanes of at least 4 members (excludes halogenated alkanes) is 2. The van der Waals surface area contributed by atoms with Crippen molar-refractivity contribution in [2.75, 3.05) is 6.54 Å². The van der Waals surface area contributed by atoms with Crippen LogP contribution in [0.3, 0.4) is 0 Å². The second-order valence-electron chi connectivity index (χ2n) is 3.74. The molecule has 1 unspecified atom stereocenters. The standard InChI is InChI=1S/C12H21N3/c1-3-5-6-7-11(14-4-2)12-8-9-13-10-15-12/h8-11,14H,3-7H2,1-2H3. The zero-order valence-corrected chi connectivity index (χ0v) is 9.74. The first-order valence-corrected chi connectivity index (χ1v) is 5.87. The summed E-state index contributed by atoms with van der Waals surface area (Å²) in [5.74, 6) is 0. The van der Waals surface area contributed by atoms with E-state index in [1.54, 1.807) is 6.33 Å². The average Bonchev–Trinajstić information content (AvgIpc) is 2.29. The van der Waals surface area contributed by atoms with Gasteiger partial charge in [0.25, 0.3) is 0 Å². The van der Waals surface area contributed by atoms with Crippen LogP contribution in [0.5, 0.6) is 0 Å². The number of nitrogens with zero attached hydrogens (tertiary/aromatic N) is 2. The van der Waals surface area contributed by atoms with Crippen molar-refractivity contribution in [1.29, 1.82) is 0 Å². The molecule has 0 aromatic carbocycles. The first-order chi connectivity index (χ1) is 7.38. The van der Waals surface area contributed by atoms with Crippen molar-refractivity contribution in [1.82, 2.24) is 15.3 Å². The third kappa shape index (κ3) is 4.38. The van der Waals surface area contributed by atoms with E-state index < -0.39 is 0 Å². The van der Waals surface area contributed by atoms with Gasteiger partial charge in [-0.2, -0.15) is 0 Å². The van der Waals surface area contributed by atoms with Crippen LogP contribution >= 0.6 is 0 Å². The van der Waals surface area contributed by atoms with E-state index in [4.69, 9.17) is 0 Å². The highest BCUT2D eigenvalue weighted by atomic mass is 14.9. The molecule has 0 radical (unpaired) electrons. The number of hydrogen-bond acceptors (Lipinski definition) is 3. The molecule has 1 N–H and O–H groups in total. The molecule has 3 heteroatoms. The maximum atomic E-state index is 4.30. The molecule has 15 heavy (non-hydrogen) atoms. The molecular weight excluding hydrogens is 186 g/mol. The minimum Gasteiger partial charge on any atom is -0.309 e. The first-order valence-electron chi connectivity index (χ1n) is 5.87. The largest absolute Gasteiger partial charge is 0.309 e. The van der Waals surface area contributed by atoms with Gasteiger partial charge in [-0.1, -0.05) is 33.1 Å². The van der Waals surface area contributed by atoms with E-state index in [1.165, 1.54) is 25.7 Å². The monoisotopic (exact) mass is 207 g/mol. The lowest BCUT2D eigenvalue weighted by Crippen LogP contribution is -2.21. The first kappa shape index (κ1) is 12.1. The highest BCUT2D eigenvalue weighted by molar-refractivity contribution is 5.04. The van der Waals surface area contributed by atoms with Crippen molar-refractivity contribution in [3.63, 3.8) is 0 Å². The summed E-state index contributed by atoms with van der Waals surface area (Å²) in [6, 6.07) is 2.39. The number of rotatable bonds is 7. The van der Waals surface area contributed by atoms with Crippen LogP contribution in [0.25, 0.3) is 0 Å². The van der Waals surface area contributed by atoms with E-state index in [1.807, 2.05) is 12.3 Å². The molecule has 3 nitrogen and oxygen atoms in total. The molecule has 0 aliphatic carbocycles. The summed E-state index contributed by atoms with van der Waals surface area (Å²) in [4.78, 5) is 8.25. The van der Waals surface area contributed by atoms with E-state index in [2.05, 4.69) is 29.1 Å². The molecule has 1 aromatic heterocycles. The minimum atomic E-state index is 0.393. The summed E-state index contributed by atoms with van der Waals surface area (Å²) >= 11 is 0. The third-order valence-corrected chi connectivity index (χ3v) is 2.51. The number of nitrogens with one attached hydrogen (secondary N) is 1. The third-order valence-electron chi connectivity index (χ3n) is 2.51. The average molecular weight is 207 g/mol. The van der Waals surface area contributed by atoms with Crippen LogP contribution in [0.15, 0.2) is 18.6 Å². The maximum absolute atomic E-state index is 4.30. The normalized spacial score (nSPS) is 12.7. The van der Waals surface area contributed by atoms with Gasteiger partial charge in [-0.05, 0) is 19.0 Å². The molecule has 1 aromatic rings. The smallest absolute Gasteiger partial charge is 0.115 e. The van der Waals surface area contributed by atoms with Gasteiger partial charge in [0.2, 0.25) is 0 Å². The lowest BCUT2D eigenvalue weighted by molar-refractivity contribution is 0.476.